The molecule has 4 nitrogen and oxygen atoms in total. The summed E-state index contributed by atoms with van der Waals surface area (Å²) in [6, 6.07) is 31.3. The zero-order valence-electron chi connectivity index (χ0n) is 24.8. The van der Waals surface area contributed by atoms with E-state index in [1.54, 1.807) is 12.1 Å². The van der Waals surface area contributed by atoms with Crippen LogP contribution in [0.25, 0.3) is 32.7 Å². The molecule has 0 aliphatic heterocycles. The largest absolute Gasteiger partial charge is 0.505 e. The van der Waals surface area contributed by atoms with Crippen LogP contribution in [0.5, 0.6) is 5.75 Å². The molecule has 2 heterocycles. The normalized spacial score (nSPS) is 16.0. The third-order valence-corrected chi connectivity index (χ3v) is 11.5. The van der Waals surface area contributed by atoms with Crippen molar-refractivity contribution in [2.45, 2.75) is 30.0 Å². The van der Waals surface area contributed by atoms with Crippen molar-refractivity contribution < 1.29 is 9.90 Å². The summed E-state index contributed by atoms with van der Waals surface area (Å²) in [5.74, 6) is 0.339. The summed E-state index contributed by atoms with van der Waals surface area (Å²) in [6.07, 6.45) is 2.84. The van der Waals surface area contributed by atoms with Crippen LogP contribution < -0.4 is 0 Å². The lowest BCUT2D eigenvalue weighted by Gasteiger charge is -2.30. The summed E-state index contributed by atoms with van der Waals surface area (Å²) in [6.45, 7) is 0. The number of hydrogen-bond donors (Lipinski definition) is 3. The van der Waals surface area contributed by atoms with Crippen molar-refractivity contribution in [2.75, 3.05) is 0 Å². The molecule has 1 aliphatic carbocycles. The number of aromatic amines is 2. The van der Waals surface area contributed by atoms with Crippen molar-refractivity contribution in [3.8, 4) is 5.75 Å². The molecule has 8 rings (SSSR count). The van der Waals surface area contributed by atoms with E-state index in [2.05, 4.69) is 25.9 Å². The van der Waals surface area contributed by atoms with E-state index in [4.69, 9.17) is 46.4 Å². The predicted octanol–water partition coefficient (Wildman–Crippen LogP) is 11.9. The van der Waals surface area contributed by atoms with E-state index in [1.165, 1.54) is 0 Å². The Bertz CT molecular complexity index is 2300. The first-order chi connectivity index (χ1) is 22.6. The number of H-pyrrole nitrogens is 2. The van der Waals surface area contributed by atoms with Crippen LogP contribution in [0, 0.1) is 0 Å². The Morgan fingerprint density at radius 3 is 1.98 bits per heavy atom. The number of aryl methyl sites for hydroxylation is 1. The van der Waals surface area contributed by atoms with Gasteiger partial charge in [0.1, 0.15) is 5.75 Å². The van der Waals surface area contributed by atoms with Crippen molar-refractivity contribution in [1.29, 1.82) is 0 Å². The quantitative estimate of drug-likeness (QED) is 0.156. The molecule has 0 amide bonds. The number of aromatic hydroxyl groups is 1. The van der Waals surface area contributed by atoms with Crippen LogP contribution in [0.2, 0.25) is 20.1 Å². The van der Waals surface area contributed by atoms with Gasteiger partial charge < -0.3 is 15.1 Å². The Hall–Kier alpha value is -3.45. The maximum absolute atomic E-state index is 13.2. The lowest BCUT2D eigenvalue weighted by atomic mass is 9.82. The first kappa shape index (κ1) is 32.1. The zero-order valence-corrected chi connectivity index (χ0v) is 29.4. The summed E-state index contributed by atoms with van der Waals surface area (Å²) in [5, 5.41) is 15.3. The summed E-state index contributed by atoms with van der Waals surface area (Å²) in [5.41, 5.74) is 7.21. The van der Waals surface area contributed by atoms with Crippen LogP contribution in [0.15, 0.2) is 97.1 Å². The zero-order chi connectivity index (χ0) is 32.9. The van der Waals surface area contributed by atoms with Crippen LogP contribution in [0.1, 0.15) is 39.2 Å². The third kappa shape index (κ3) is 5.94. The highest BCUT2D eigenvalue weighted by atomic mass is 79.9. The predicted molar refractivity (Wildman–Crippen MR) is 200 cm³/mol. The van der Waals surface area contributed by atoms with Crippen LogP contribution in [0.3, 0.4) is 0 Å². The molecule has 0 saturated carbocycles. The molecule has 7 aromatic rings. The maximum Gasteiger partial charge on any atom is 0.196 e. The lowest BCUT2D eigenvalue weighted by molar-refractivity contribution is 0.0927. The van der Waals surface area contributed by atoms with Gasteiger partial charge >= 0.3 is 0 Å². The van der Waals surface area contributed by atoms with Gasteiger partial charge in [0, 0.05) is 39.2 Å². The van der Waals surface area contributed by atoms with Crippen LogP contribution in [0.4, 0.5) is 0 Å². The van der Waals surface area contributed by atoms with Gasteiger partial charge in [-0.2, -0.15) is 0 Å². The molecule has 5 aromatic carbocycles. The second-order valence-corrected chi connectivity index (χ2v) is 14.9. The second-order valence-electron chi connectivity index (χ2n) is 11.8. The Morgan fingerprint density at radius 1 is 0.723 bits per heavy atom. The molecule has 9 heteroatoms. The minimum atomic E-state index is -0.585. The molecule has 2 aromatic heterocycles. The number of phenols is 1. The molecule has 0 bridgehead atoms. The minimum Gasteiger partial charge on any atom is -0.505 e. The van der Waals surface area contributed by atoms with Gasteiger partial charge in [0.15, 0.2) is 5.78 Å². The molecule has 236 valence electrons. The number of rotatable bonds is 4. The fourth-order valence-corrected chi connectivity index (χ4v) is 8.04. The van der Waals surface area contributed by atoms with Gasteiger partial charge in [-0.05, 0) is 60.2 Å². The molecule has 1 aliphatic rings. The molecule has 3 N–H and O–H groups in total. The van der Waals surface area contributed by atoms with E-state index in [9.17, 15) is 9.90 Å². The molecular formula is C38H27BrCl4N2O2. The number of aromatic nitrogens is 2. The van der Waals surface area contributed by atoms with E-state index in [0.717, 1.165) is 62.3 Å². The van der Waals surface area contributed by atoms with Crippen molar-refractivity contribution in [3.63, 3.8) is 0 Å². The Morgan fingerprint density at radius 2 is 1.32 bits per heavy atom. The highest BCUT2D eigenvalue weighted by Crippen LogP contribution is 2.44. The maximum atomic E-state index is 13.2. The number of carbonyl (C=O) groups excluding carboxylic acids is 1. The van der Waals surface area contributed by atoms with Gasteiger partial charge in [-0.15, -0.1) is 0 Å². The van der Waals surface area contributed by atoms with Gasteiger partial charge in [0.05, 0.1) is 35.6 Å². The summed E-state index contributed by atoms with van der Waals surface area (Å²) >= 11 is 28.7. The van der Waals surface area contributed by atoms with E-state index < -0.39 is 4.32 Å². The molecule has 0 radical (unpaired) electrons. The van der Waals surface area contributed by atoms with E-state index in [-0.39, 0.29) is 11.5 Å². The molecule has 1 atom stereocenters. The van der Waals surface area contributed by atoms with E-state index >= 15 is 0 Å². The SMILES string of the molecule is O=C1c2[nH]c3ccc(Cl)c(Cl)c3c2CCC1(Br)Cc1ccccc1.Oc1c(Cc2ccccc2)ccc2c1[nH]c1ccc(Cl)c(Cl)c12. The first-order valence-corrected chi connectivity index (χ1v) is 17.4. The van der Waals surface area contributed by atoms with Gasteiger partial charge in [-0.1, -0.05) is 135 Å². The van der Waals surface area contributed by atoms with E-state index in [0.29, 0.717) is 44.1 Å². The molecule has 0 saturated heterocycles. The number of phenolic OH excluding ortho intramolecular Hbond substituents is 1. The van der Waals surface area contributed by atoms with Crippen molar-refractivity contribution in [1.82, 2.24) is 9.97 Å². The number of benzene rings is 5. The van der Waals surface area contributed by atoms with E-state index in [1.807, 2.05) is 84.9 Å². The minimum absolute atomic E-state index is 0.0796. The topological polar surface area (TPSA) is 68.9 Å². The number of nitrogens with one attached hydrogen (secondary N) is 2. The van der Waals surface area contributed by atoms with Crippen molar-refractivity contribution in [3.05, 3.63) is 145 Å². The second kappa shape index (κ2) is 12.9. The summed E-state index contributed by atoms with van der Waals surface area (Å²) in [7, 11) is 0. The van der Waals surface area contributed by atoms with Crippen molar-refractivity contribution in [2.24, 2.45) is 0 Å². The van der Waals surface area contributed by atoms with Gasteiger partial charge in [0.2, 0.25) is 0 Å². The third-order valence-electron chi connectivity index (χ3n) is 8.81. The van der Waals surface area contributed by atoms with Gasteiger partial charge in [0.25, 0.3) is 0 Å². The Kier molecular flexibility index (Phi) is 8.79. The number of alkyl halides is 1. The van der Waals surface area contributed by atoms with Crippen molar-refractivity contribution >= 4 is 101 Å². The number of ketones is 1. The number of fused-ring (bicyclic) bond motifs is 6. The molecule has 1 unspecified atom stereocenters. The molecule has 0 spiro atoms. The number of Topliss-reactive ketones (excluding diaryl/α,β-unsaturated/α-hetero) is 1. The highest BCUT2D eigenvalue weighted by Gasteiger charge is 2.42. The van der Waals surface area contributed by atoms with Gasteiger partial charge in [-0.25, -0.2) is 0 Å². The summed E-state index contributed by atoms with van der Waals surface area (Å²) < 4.78 is -0.585. The number of hydrogen-bond acceptors (Lipinski definition) is 2. The number of halogens is 5. The van der Waals surface area contributed by atoms with Crippen LogP contribution in [-0.2, 0) is 19.3 Å². The lowest BCUT2D eigenvalue weighted by Crippen LogP contribution is -2.39. The molecular weight excluding hydrogens is 738 g/mol. The fourth-order valence-electron chi connectivity index (χ4n) is 6.46. The molecule has 47 heavy (non-hydrogen) atoms. The fraction of sp³-hybridized carbons (Fsp3) is 0.132. The van der Waals surface area contributed by atoms with Crippen LogP contribution in [-0.4, -0.2) is 25.2 Å². The first-order valence-electron chi connectivity index (χ1n) is 15.0. The smallest absolute Gasteiger partial charge is 0.196 e. The standard InChI is InChI=1S/C19H14BrCl2NO.C19H13Cl2NO/c20-19(10-11-4-2-1-3-5-11)9-8-12-15-14(23-17(12)18(19)24)7-6-13(21)16(15)22;20-14-8-9-15-16(17(14)21)13-7-6-12(19(23)18(13)22-15)10-11-4-2-1-3-5-11/h1-7,23H,8-10H2;1-9,22-23H,10H2. The average Bonchev–Trinajstić information content (AvgIpc) is 3.66. The highest BCUT2D eigenvalue weighted by molar-refractivity contribution is 9.10. The van der Waals surface area contributed by atoms with Crippen LogP contribution >= 0.6 is 62.3 Å². The Balaban J connectivity index is 0.000000150. The summed E-state index contributed by atoms with van der Waals surface area (Å²) in [4.78, 5) is 19.7. The molecule has 0 fully saturated rings. The monoisotopic (exact) mass is 762 g/mol. The Labute approximate surface area is 299 Å². The van der Waals surface area contributed by atoms with Gasteiger partial charge in [-0.3, -0.25) is 4.79 Å². The number of carbonyl (C=O) groups is 1. The average molecular weight is 765 g/mol.